The van der Waals surface area contributed by atoms with Crippen LogP contribution in [0.5, 0.6) is 11.5 Å². The largest absolute Gasteiger partial charge is 0.493 e. The molecule has 0 spiro atoms. The molecule has 10 heteroatoms. The molecule has 0 aliphatic carbocycles. The Balaban J connectivity index is 1.67. The highest BCUT2D eigenvalue weighted by atomic mass is 32.2. The number of benzene rings is 1. The molecule has 1 N–H and O–H groups in total. The fraction of sp³-hybridized carbons (Fsp3) is 0.519. The molecule has 1 fully saturated rings. The molecule has 3 aliphatic rings. The van der Waals surface area contributed by atoms with Gasteiger partial charge < -0.3 is 29.2 Å². The first kappa shape index (κ1) is 27.1. The van der Waals surface area contributed by atoms with E-state index in [1.54, 1.807) is 14.2 Å². The summed E-state index contributed by atoms with van der Waals surface area (Å²) in [5.41, 5.74) is 1.85. The number of amides is 1. The van der Waals surface area contributed by atoms with Gasteiger partial charge in [-0.2, -0.15) is 0 Å². The number of methoxy groups -OCH3 is 2. The van der Waals surface area contributed by atoms with Gasteiger partial charge in [-0.05, 0) is 63.6 Å². The molecule has 3 aliphatic heterocycles. The van der Waals surface area contributed by atoms with E-state index in [1.165, 1.54) is 11.8 Å². The van der Waals surface area contributed by atoms with Gasteiger partial charge in [-0.1, -0.05) is 17.8 Å². The van der Waals surface area contributed by atoms with Gasteiger partial charge in [0, 0.05) is 18.8 Å². The summed E-state index contributed by atoms with van der Waals surface area (Å²) in [6.45, 7) is 8.53. The molecule has 0 saturated carbocycles. The third kappa shape index (κ3) is 6.13. The van der Waals surface area contributed by atoms with Crippen molar-refractivity contribution < 1.29 is 28.5 Å². The van der Waals surface area contributed by atoms with Crippen molar-refractivity contribution in [2.75, 3.05) is 27.4 Å². The number of amidine groups is 1. The Kier molecular flexibility index (Phi) is 8.18. The topological polar surface area (TPSA) is 98.7 Å². The minimum atomic E-state index is -0.683. The Morgan fingerprint density at radius 1 is 1.22 bits per heavy atom. The van der Waals surface area contributed by atoms with Crippen LogP contribution in [-0.2, 0) is 19.1 Å². The first-order valence-electron chi connectivity index (χ1n) is 12.4. The van der Waals surface area contributed by atoms with Crippen LogP contribution < -0.4 is 14.8 Å². The summed E-state index contributed by atoms with van der Waals surface area (Å²) in [4.78, 5) is 33.1. The van der Waals surface area contributed by atoms with E-state index in [1.807, 2.05) is 56.2 Å². The number of esters is 1. The van der Waals surface area contributed by atoms with E-state index in [-0.39, 0.29) is 18.4 Å². The zero-order chi connectivity index (χ0) is 26.7. The number of hydrogen-bond donors (Lipinski definition) is 1. The summed E-state index contributed by atoms with van der Waals surface area (Å²) in [5, 5.41) is 5.61. The van der Waals surface area contributed by atoms with E-state index in [0.717, 1.165) is 30.7 Å². The molecule has 2 atom stereocenters. The molecule has 37 heavy (non-hydrogen) atoms. The van der Waals surface area contributed by atoms with Crippen LogP contribution in [0.15, 0.2) is 45.6 Å². The second-order valence-corrected chi connectivity index (χ2v) is 11.0. The zero-order valence-corrected chi connectivity index (χ0v) is 23.1. The Bertz CT molecular complexity index is 1150. The third-order valence-corrected chi connectivity index (χ3v) is 7.12. The second-order valence-electron chi connectivity index (χ2n) is 10.1. The summed E-state index contributed by atoms with van der Waals surface area (Å²) >= 11 is 1.43. The van der Waals surface area contributed by atoms with Crippen LogP contribution in [0, 0.1) is 0 Å². The molecule has 1 aromatic carbocycles. The van der Waals surface area contributed by atoms with Gasteiger partial charge in [0.15, 0.2) is 16.7 Å². The van der Waals surface area contributed by atoms with Crippen molar-refractivity contribution in [1.29, 1.82) is 0 Å². The second kappa shape index (κ2) is 11.2. The van der Waals surface area contributed by atoms with E-state index >= 15 is 0 Å². The molecule has 1 aromatic rings. The lowest BCUT2D eigenvalue weighted by Crippen LogP contribution is -2.39. The Hall–Kier alpha value is -2.98. The highest BCUT2D eigenvalue weighted by Crippen LogP contribution is 2.46. The van der Waals surface area contributed by atoms with Crippen LogP contribution in [0.2, 0.25) is 0 Å². The predicted molar refractivity (Wildman–Crippen MR) is 142 cm³/mol. The number of aliphatic imine (C=N–C) groups is 1. The fourth-order valence-corrected chi connectivity index (χ4v) is 5.53. The molecule has 0 radical (unpaired) electrons. The first-order chi connectivity index (χ1) is 17.6. The monoisotopic (exact) mass is 529 g/mol. The summed E-state index contributed by atoms with van der Waals surface area (Å²) in [5.74, 6) is 0.555. The molecule has 2 unspecified atom stereocenters. The van der Waals surface area contributed by atoms with E-state index in [0.29, 0.717) is 34.5 Å². The molecule has 4 rings (SSSR count). The molecule has 1 amide bonds. The molecule has 0 aromatic heterocycles. The standard InChI is InChI=1S/C27H35N3O6S/c1-16-23(25(32)36-27(2,3)4)24(17-9-10-20(33-5)21(12-17)34-6)30-18(15-37-26(30)29-16)13-22(31)28-14-19-8-7-11-35-19/h9-10,12,15,19,24H,7-8,11,13-14H2,1-6H3,(H,28,31). The third-order valence-electron chi connectivity index (χ3n) is 6.24. The van der Waals surface area contributed by atoms with Crippen LogP contribution in [-0.4, -0.2) is 61.0 Å². The Morgan fingerprint density at radius 3 is 2.62 bits per heavy atom. The van der Waals surface area contributed by atoms with E-state index in [2.05, 4.69) is 5.32 Å². The zero-order valence-electron chi connectivity index (χ0n) is 22.3. The lowest BCUT2D eigenvalue weighted by atomic mass is 9.93. The van der Waals surface area contributed by atoms with Crippen LogP contribution in [0.1, 0.15) is 58.6 Å². The van der Waals surface area contributed by atoms with Crippen molar-refractivity contribution in [3.05, 3.63) is 46.1 Å². The highest BCUT2D eigenvalue weighted by Gasteiger charge is 2.42. The molecule has 0 bridgehead atoms. The van der Waals surface area contributed by atoms with Crippen molar-refractivity contribution in [1.82, 2.24) is 10.2 Å². The number of thioether (sulfide) groups is 1. The van der Waals surface area contributed by atoms with Crippen LogP contribution in [0.25, 0.3) is 0 Å². The fourth-order valence-electron chi connectivity index (χ4n) is 4.56. The van der Waals surface area contributed by atoms with Gasteiger partial charge in [0.05, 0.1) is 44.1 Å². The number of ether oxygens (including phenoxy) is 4. The highest BCUT2D eigenvalue weighted by molar-refractivity contribution is 8.16. The lowest BCUT2D eigenvalue weighted by Gasteiger charge is -2.37. The molecular formula is C27H35N3O6S. The van der Waals surface area contributed by atoms with Gasteiger partial charge in [0.1, 0.15) is 5.60 Å². The summed E-state index contributed by atoms with van der Waals surface area (Å²) in [6.07, 6.45) is 2.17. The van der Waals surface area contributed by atoms with E-state index in [9.17, 15) is 9.59 Å². The molecule has 3 heterocycles. The van der Waals surface area contributed by atoms with Gasteiger partial charge in [0.25, 0.3) is 0 Å². The maximum Gasteiger partial charge on any atom is 0.338 e. The van der Waals surface area contributed by atoms with Crippen LogP contribution in [0.3, 0.4) is 0 Å². The Labute approximate surface area is 222 Å². The quantitative estimate of drug-likeness (QED) is 0.498. The minimum absolute atomic E-state index is 0.0619. The minimum Gasteiger partial charge on any atom is -0.493 e. The smallest absolute Gasteiger partial charge is 0.338 e. The normalized spacial score (nSPS) is 21.3. The molecule has 200 valence electrons. The molecular weight excluding hydrogens is 494 g/mol. The number of hydrogen-bond acceptors (Lipinski definition) is 9. The SMILES string of the molecule is COc1ccc(C2C(C(=O)OC(C)(C)C)=C(C)N=C3SC=C(CC(=O)NCC4CCCO4)N32)cc1OC. The van der Waals surface area contributed by atoms with Crippen LogP contribution >= 0.6 is 11.8 Å². The predicted octanol–water partition coefficient (Wildman–Crippen LogP) is 4.31. The number of rotatable bonds is 8. The van der Waals surface area contributed by atoms with Crippen molar-refractivity contribution in [3.63, 3.8) is 0 Å². The average molecular weight is 530 g/mol. The van der Waals surface area contributed by atoms with Gasteiger partial charge in [0.2, 0.25) is 5.91 Å². The number of carbonyl (C=O) groups excluding carboxylic acids is 2. The van der Waals surface area contributed by atoms with Gasteiger partial charge in [-0.3, -0.25) is 4.79 Å². The van der Waals surface area contributed by atoms with Crippen LogP contribution in [0.4, 0.5) is 0 Å². The number of allylic oxidation sites excluding steroid dienone is 1. The van der Waals surface area contributed by atoms with Gasteiger partial charge >= 0.3 is 5.97 Å². The number of fused-ring (bicyclic) bond motifs is 1. The van der Waals surface area contributed by atoms with E-state index < -0.39 is 17.6 Å². The van der Waals surface area contributed by atoms with Crippen molar-refractivity contribution >= 4 is 28.8 Å². The molecule has 1 saturated heterocycles. The number of carbonyl (C=O) groups is 2. The van der Waals surface area contributed by atoms with Gasteiger partial charge in [-0.15, -0.1) is 0 Å². The summed E-state index contributed by atoms with van der Waals surface area (Å²) in [6, 6.07) is 4.99. The summed E-state index contributed by atoms with van der Waals surface area (Å²) in [7, 11) is 3.15. The average Bonchev–Trinajstić information content (AvgIpc) is 3.50. The number of nitrogens with zero attached hydrogens (tertiary/aromatic N) is 2. The maximum absolute atomic E-state index is 13.5. The lowest BCUT2D eigenvalue weighted by molar-refractivity contribution is -0.150. The maximum atomic E-state index is 13.5. The first-order valence-corrected chi connectivity index (χ1v) is 13.3. The Morgan fingerprint density at radius 2 is 1.97 bits per heavy atom. The summed E-state index contributed by atoms with van der Waals surface area (Å²) < 4.78 is 22.4. The van der Waals surface area contributed by atoms with E-state index in [4.69, 9.17) is 23.9 Å². The number of nitrogens with one attached hydrogen (secondary N) is 1. The van der Waals surface area contributed by atoms with Crippen molar-refractivity contribution in [2.45, 2.75) is 64.7 Å². The van der Waals surface area contributed by atoms with Crippen molar-refractivity contribution in [2.24, 2.45) is 4.99 Å². The molecule has 9 nitrogen and oxygen atoms in total. The van der Waals surface area contributed by atoms with Gasteiger partial charge in [-0.25, -0.2) is 9.79 Å². The van der Waals surface area contributed by atoms with Crippen molar-refractivity contribution in [3.8, 4) is 11.5 Å².